The Labute approximate surface area is 99.2 Å². The van der Waals surface area contributed by atoms with E-state index in [1.165, 1.54) is 0 Å². The summed E-state index contributed by atoms with van der Waals surface area (Å²) in [4.78, 5) is 15.9. The van der Waals surface area contributed by atoms with Crippen LogP contribution in [0.15, 0.2) is 36.9 Å². The number of hydrogen-bond acceptors (Lipinski definition) is 3. The van der Waals surface area contributed by atoms with E-state index in [4.69, 9.17) is 0 Å². The van der Waals surface area contributed by atoms with Gasteiger partial charge in [0.1, 0.15) is 0 Å². The highest BCUT2D eigenvalue weighted by atomic mass is 16.1. The van der Waals surface area contributed by atoms with Crippen LogP contribution in [0.4, 0.5) is 0 Å². The molecule has 2 heterocycles. The first-order valence-corrected chi connectivity index (χ1v) is 5.49. The summed E-state index contributed by atoms with van der Waals surface area (Å²) in [7, 11) is 0. The highest BCUT2D eigenvalue weighted by molar-refractivity contribution is 6.00. The quantitative estimate of drug-likeness (QED) is 0.638. The van der Waals surface area contributed by atoms with E-state index >= 15 is 0 Å². The molecule has 0 aromatic carbocycles. The molecule has 2 aromatic heterocycles. The molecule has 1 amide bonds. The van der Waals surface area contributed by atoms with Gasteiger partial charge in [-0.25, -0.2) is 4.52 Å². The van der Waals surface area contributed by atoms with Gasteiger partial charge in [0.25, 0.3) is 5.91 Å². The summed E-state index contributed by atoms with van der Waals surface area (Å²) in [6.07, 6.45) is 11.3. The van der Waals surface area contributed by atoms with Crippen molar-refractivity contribution in [2.24, 2.45) is 0 Å². The van der Waals surface area contributed by atoms with E-state index < -0.39 is 0 Å². The van der Waals surface area contributed by atoms with Crippen molar-refractivity contribution >= 4 is 11.4 Å². The van der Waals surface area contributed by atoms with E-state index in [0.29, 0.717) is 12.1 Å². The number of nitrogens with zero attached hydrogens (tertiary/aromatic N) is 3. The van der Waals surface area contributed by atoms with Crippen molar-refractivity contribution < 1.29 is 4.79 Å². The fraction of sp³-hybridized carbons (Fsp3) is 0.250. The SMILES string of the molecule is C/C=C/CCNC(=O)c1cnn2ccncc12. The minimum atomic E-state index is -0.113. The van der Waals surface area contributed by atoms with Crippen molar-refractivity contribution in [1.29, 1.82) is 0 Å². The van der Waals surface area contributed by atoms with E-state index in [2.05, 4.69) is 15.4 Å². The van der Waals surface area contributed by atoms with E-state index in [0.717, 1.165) is 11.9 Å². The van der Waals surface area contributed by atoms with Crippen molar-refractivity contribution in [3.63, 3.8) is 0 Å². The van der Waals surface area contributed by atoms with Gasteiger partial charge in [-0.2, -0.15) is 5.10 Å². The molecule has 1 N–H and O–H groups in total. The zero-order chi connectivity index (χ0) is 12.1. The van der Waals surface area contributed by atoms with Gasteiger partial charge in [-0.15, -0.1) is 0 Å². The maximum absolute atomic E-state index is 11.9. The van der Waals surface area contributed by atoms with E-state index in [9.17, 15) is 4.79 Å². The number of aromatic nitrogens is 3. The Morgan fingerprint density at radius 2 is 2.41 bits per heavy atom. The number of rotatable bonds is 4. The second-order valence-corrected chi connectivity index (χ2v) is 3.58. The monoisotopic (exact) mass is 230 g/mol. The highest BCUT2D eigenvalue weighted by Gasteiger charge is 2.11. The molecule has 2 rings (SSSR count). The number of fused-ring (bicyclic) bond motifs is 1. The fourth-order valence-corrected chi connectivity index (χ4v) is 1.54. The minimum absolute atomic E-state index is 0.113. The van der Waals surface area contributed by atoms with Gasteiger partial charge in [0.15, 0.2) is 0 Å². The van der Waals surface area contributed by atoms with Gasteiger partial charge in [-0.3, -0.25) is 9.78 Å². The molecule has 0 atom stereocenters. The number of hydrogen-bond donors (Lipinski definition) is 1. The summed E-state index contributed by atoms with van der Waals surface area (Å²) >= 11 is 0. The molecule has 0 saturated heterocycles. The Bertz CT molecular complexity index is 544. The smallest absolute Gasteiger partial charge is 0.255 e. The first-order valence-electron chi connectivity index (χ1n) is 5.49. The van der Waals surface area contributed by atoms with Crippen molar-refractivity contribution in [3.8, 4) is 0 Å². The lowest BCUT2D eigenvalue weighted by Gasteiger charge is -2.01. The molecular formula is C12H14N4O. The predicted octanol–water partition coefficient (Wildman–Crippen LogP) is 1.43. The summed E-state index contributed by atoms with van der Waals surface area (Å²) in [5.74, 6) is -0.113. The maximum atomic E-state index is 11.9. The summed E-state index contributed by atoms with van der Waals surface area (Å²) in [6.45, 7) is 2.58. The first-order chi connectivity index (χ1) is 8.33. The van der Waals surface area contributed by atoms with Gasteiger partial charge in [-0.05, 0) is 13.3 Å². The minimum Gasteiger partial charge on any atom is -0.352 e. The Balaban J connectivity index is 2.09. The van der Waals surface area contributed by atoms with Crippen molar-refractivity contribution in [2.45, 2.75) is 13.3 Å². The second-order valence-electron chi connectivity index (χ2n) is 3.58. The molecule has 0 fully saturated rings. The van der Waals surface area contributed by atoms with Crippen LogP contribution in [0.2, 0.25) is 0 Å². The average molecular weight is 230 g/mol. The van der Waals surface area contributed by atoms with Crippen LogP contribution in [0.5, 0.6) is 0 Å². The lowest BCUT2D eigenvalue weighted by Crippen LogP contribution is -2.23. The Hall–Kier alpha value is -2.17. The van der Waals surface area contributed by atoms with Gasteiger partial charge < -0.3 is 5.32 Å². The summed E-state index contributed by atoms with van der Waals surface area (Å²) in [5, 5.41) is 6.93. The summed E-state index contributed by atoms with van der Waals surface area (Å²) < 4.78 is 1.63. The zero-order valence-electron chi connectivity index (χ0n) is 9.63. The predicted molar refractivity (Wildman–Crippen MR) is 64.8 cm³/mol. The number of amides is 1. The van der Waals surface area contributed by atoms with Crippen molar-refractivity contribution in [1.82, 2.24) is 19.9 Å². The van der Waals surface area contributed by atoms with Gasteiger partial charge in [0.05, 0.1) is 23.5 Å². The number of allylic oxidation sites excluding steroid dienone is 1. The Morgan fingerprint density at radius 3 is 3.24 bits per heavy atom. The zero-order valence-corrected chi connectivity index (χ0v) is 9.63. The van der Waals surface area contributed by atoms with Gasteiger partial charge in [0.2, 0.25) is 0 Å². The average Bonchev–Trinajstić information content (AvgIpc) is 2.78. The molecule has 2 aromatic rings. The van der Waals surface area contributed by atoms with Crippen LogP contribution in [-0.2, 0) is 0 Å². The molecule has 0 saturated carbocycles. The van der Waals surface area contributed by atoms with Crippen LogP contribution >= 0.6 is 0 Å². The number of carbonyl (C=O) groups is 1. The van der Waals surface area contributed by atoms with Crippen LogP contribution in [0.3, 0.4) is 0 Å². The molecule has 0 aliphatic carbocycles. The lowest BCUT2D eigenvalue weighted by atomic mass is 10.2. The molecule has 5 heteroatoms. The molecule has 0 aliphatic rings. The summed E-state index contributed by atoms with van der Waals surface area (Å²) in [6, 6.07) is 0. The molecule has 0 bridgehead atoms. The highest BCUT2D eigenvalue weighted by Crippen LogP contribution is 2.07. The third-order valence-corrected chi connectivity index (χ3v) is 2.40. The van der Waals surface area contributed by atoms with Crippen LogP contribution in [-0.4, -0.2) is 27.0 Å². The molecule has 0 spiro atoms. The number of nitrogens with one attached hydrogen (secondary N) is 1. The largest absolute Gasteiger partial charge is 0.352 e. The third-order valence-electron chi connectivity index (χ3n) is 2.40. The van der Waals surface area contributed by atoms with E-state index in [1.54, 1.807) is 29.3 Å². The van der Waals surface area contributed by atoms with Crippen LogP contribution < -0.4 is 5.32 Å². The lowest BCUT2D eigenvalue weighted by molar-refractivity contribution is 0.0956. The fourth-order valence-electron chi connectivity index (χ4n) is 1.54. The molecular weight excluding hydrogens is 216 g/mol. The van der Waals surface area contributed by atoms with Crippen molar-refractivity contribution in [3.05, 3.63) is 42.5 Å². The second kappa shape index (κ2) is 5.25. The molecule has 0 aliphatic heterocycles. The first kappa shape index (κ1) is 11.3. The Kier molecular flexibility index (Phi) is 3.49. The topological polar surface area (TPSA) is 59.3 Å². The van der Waals surface area contributed by atoms with Crippen LogP contribution in [0.1, 0.15) is 23.7 Å². The normalized spacial score (nSPS) is 11.1. The van der Waals surface area contributed by atoms with E-state index in [1.807, 2.05) is 19.1 Å². The van der Waals surface area contributed by atoms with Gasteiger partial charge in [0, 0.05) is 18.9 Å². The number of carbonyl (C=O) groups excluding carboxylic acids is 1. The standard InChI is InChI=1S/C12H14N4O/c1-2-3-4-5-14-12(17)10-8-15-16-7-6-13-9-11(10)16/h2-3,6-9H,4-5H2,1H3,(H,14,17)/b3-2+. The summed E-state index contributed by atoms with van der Waals surface area (Å²) in [5.41, 5.74) is 1.27. The van der Waals surface area contributed by atoms with E-state index in [-0.39, 0.29) is 5.91 Å². The maximum Gasteiger partial charge on any atom is 0.255 e. The third kappa shape index (κ3) is 2.50. The van der Waals surface area contributed by atoms with Crippen LogP contribution in [0, 0.1) is 0 Å². The molecule has 0 unspecified atom stereocenters. The molecule has 0 radical (unpaired) electrons. The molecule has 17 heavy (non-hydrogen) atoms. The van der Waals surface area contributed by atoms with Crippen molar-refractivity contribution in [2.75, 3.05) is 6.54 Å². The molecule has 5 nitrogen and oxygen atoms in total. The molecule has 88 valence electrons. The van der Waals surface area contributed by atoms with Gasteiger partial charge >= 0.3 is 0 Å². The van der Waals surface area contributed by atoms with Gasteiger partial charge in [-0.1, -0.05) is 12.2 Å². The van der Waals surface area contributed by atoms with Crippen LogP contribution in [0.25, 0.3) is 5.52 Å². The Morgan fingerprint density at radius 1 is 1.53 bits per heavy atom.